The van der Waals surface area contributed by atoms with E-state index in [0.717, 1.165) is 28.6 Å². The van der Waals surface area contributed by atoms with Crippen LogP contribution in [0.1, 0.15) is 33.5 Å². The lowest BCUT2D eigenvalue weighted by Crippen LogP contribution is -2.03. The van der Waals surface area contributed by atoms with E-state index in [2.05, 4.69) is 22.0 Å². The molecule has 0 spiro atoms. The van der Waals surface area contributed by atoms with Gasteiger partial charge in [0.2, 0.25) is 0 Å². The first-order valence-corrected chi connectivity index (χ1v) is 7.48. The Morgan fingerprint density at radius 1 is 1.10 bits per heavy atom. The molecule has 0 unspecified atom stereocenters. The molecule has 0 aromatic heterocycles. The first-order valence-electron chi connectivity index (χ1n) is 6.69. The molecular weight excluding hydrogens is 316 g/mol. The fourth-order valence-electron chi connectivity index (χ4n) is 2.68. The summed E-state index contributed by atoms with van der Waals surface area (Å²) in [6, 6.07) is 11.5. The summed E-state index contributed by atoms with van der Waals surface area (Å²) in [6.45, 7) is 0. The molecule has 1 aliphatic rings. The fourth-order valence-corrected chi connectivity index (χ4v) is 3.21. The van der Waals surface area contributed by atoms with Crippen LogP contribution in [0, 0.1) is 0 Å². The lowest BCUT2D eigenvalue weighted by atomic mass is 9.99. The van der Waals surface area contributed by atoms with Gasteiger partial charge in [-0.05, 0) is 70.6 Å². The van der Waals surface area contributed by atoms with Crippen LogP contribution >= 0.6 is 15.9 Å². The van der Waals surface area contributed by atoms with Crippen molar-refractivity contribution in [3.05, 3.63) is 63.1 Å². The normalized spacial score (nSPS) is 13.1. The molecule has 0 aliphatic heterocycles. The summed E-state index contributed by atoms with van der Waals surface area (Å²) in [4.78, 5) is 12.6. The molecule has 2 aromatic carbocycles. The molecule has 102 valence electrons. The Balaban J connectivity index is 1.96. The van der Waals surface area contributed by atoms with Crippen molar-refractivity contribution in [2.75, 3.05) is 7.11 Å². The van der Waals surface area contributed by atoms with Crippen molar-refractivity contribution in [2.45, 2.75) is 19.3 Å². The summed E-state index contributed by atoms with van der Waals surface area (Å²) in [6.07, 6.45) is 3.41. The van der Waals surface area contributed by atoms with E-state index in [0.29, 0.717) is 5.56 Å². The van der Waals surface area contributed by atoms with Gasteiger partial charge in [-0.1, -0.05) is 12.1 Å². The van der Waals surface area contributed by atoms with Crippen LogP contribution in [0.2, 0.25) is 0 Å². The van der Waals surface area contributed by atoms with E-state index < -0.39 is 0 Å². The van der Waals surface area contributed by atoms with Crippen LogP contribution in [0.4, 0.5) is 0 Å². The zero-order valence-corrected chi connectivity index (χ0v) is 12.9. The van der Waals surface area contributed by atoms with Crippen molar-refractivity contribution in [3.8, 4) is 5.75 Å². The van der Waals surface area contributed by atoms with Gasteiger partial charge in [0.1, 0.15) is 5.75 Å². The van der Waals surface area contributed by atoms with E-state index in [1.165, 1.54) is 17.5 Å². The molecule has 3 heteroatoms. The number of aryl methyl sites for hydroxylation is 2. The highest BCUT2D eigenvalue weighted by molar-refractivity contribution is 9.10. The number of hydrogen-bond acceptors (Lipinski definition) is 2. The van der Waals surface area contributed by atoms with Gasteiger partial charge in [-0.15, -0.1) is 0 Å². The number of ketones is 1. The summed E-state index contributed by atoms with van der Waals surface area (Å²) in [5.41, 5.74) is 4.14. The van der Waals surface area contributed by atoms with Gasteiger partial charge in [-0.25, -0.2) is 0 Å². The Morgan fingerprint density at radius 2 is 1.90 bits per heavy atom. The standard InChI is InChI=1S/C17H15BrO2/c1-20-14-7-8-15(16(18)10-14)17(19)13-6-5-11-3-2-4-12(11)9-13/h5-10H,2-4H2,1H3. The molecule has 0 radical (unpaired) electrons. The number of hydrogen-bond donors (Lipinski definition) is 0. The van der Waals surface area contributed by atoms with Gasteiger partial charge < -0.3 is 4.74 Å². The van der Waals surface area contributed by atoms with Gasteiger partial charge in [0, 0.05) is 15.6 Å². The summed E-state index contributed by atoms with van der Waals surface area (Å²) in [5, 5.41) is 0. The Morgan fingerprint density at radius 3 is 2.65 bits per heavy atom. The van der Waals surface area contributed by atoms with E-state index in [4.69, 9.17) is 4.74 Å². The third-order valence-corrected chi connectivity index (χ3v) is 4.44. The maximum atomic E-state index is 12.6. The molecule has 0 atom stereocenters. The molecule has 20 heavy (non-hydrogen) atoms. The smallest absolute Gasteiger partial charge is 0.194 e. The van der Waals surface area contributed by atoms with Crippen molar-refractivity contribution in [1.82, 2.24) is 0 Å². The minimum absolute atomic E-state index is 0.0502. The van der Waals surface area contributed by atoms with Gasteiger partial charge in [0.25, 0.3) is 0 Å². The first kappa shape index (κ1) is 13.4. The van der Waals surface area contributed by atoms with Gasteiger partial charge in [-0.2, -0.15) is 0 Å². The molecule has 0 amide bonds. The minimum Gasteiger partial charge on any atom is -0.497 e. The number of rotatable bonds is 3. The van der Waals surface area contributed by atoms with E-state index in [1.54, 1.807) is 13.2 Å². The Hall–Kier alpha value is -1.61. The third-order valence-electron chi connectivity index (χ3n) is 3.78. The van der Waals surface area contributed by atoms with Crippen molar-refractivity contribution < 1.29 is 9.53 Å². The number of ether oxygens (including phenoxy) is 1. The minimum atomic E-state index is 0.0502. The average molecular weight is 331 g/mol. The average Bonchev–Trinajstić information content (AvgIpc) is 2.93. The highest BCUT2D eigenvalue weighted by Crippen LogP contribution is 2.27. The van der Waals surface area contributed by atoms with Crippen LogP contribution < -0.4 is 4.74 Å². The molecule has 0 fully saturated rings. The predicted molar refractivity (Wildman–Crippen MR) is 82.6 cm³/mol. The summed E-state index contributed by atoms with van der Waals surface area (Å²) in [5.74, 6) is 0.789. The monoisotopic (exact) mass is 330 g/mol. The summed E-state index contributed by atoms with van der Waals surface area (Å²) >= 11 is 3.45. The van der Waals surface area contributed by atoms with Crippen LogP contribution in [0.15, 0.2) is 40.9 Å². The highest BCUT2D eigenvalue weighted by atomic mass is 79.9. The molecule has 3 rings (SSSR count). The topological polar surface area (TPSA) is 26.3 Å². The second-order valence-electron chi connectivity index (χ2n) is 5.01. The zero-order chi connectivity index (χ0) is 14.1. The Kier molecular flexibility index (Phi) is 3.62. The molecule has 2 aromatic rings. The first-order chi connectivity index (χ1) is 9.69. The number of carbonyl (C=O) groups excluding carboxylic acids is 1. The van der Waals surface area contributed by atoms with E-state index in [9.17, 15) is 4.79 Å². The fraction of sp³-hybridized carbons (Fsp3) is 0.235. The second kappa shape index (κ2) is 5.41. The van der Waals surface area contributed by atoms with Crippen molar-refractivity contribution in [2.24, 2.45) is 0 Å². The summed E-state index contributed by atoms with van der Waals surface area (Å²) in [7, 11) is 1.61. The largest absolute Gasteiger partial charge is 0.497 e. The zero-order valence-electron chi connectivity index (χ0n) is 11.3. The number of fused-ring (bicyclic) bond motifs is 1. The molecule has 1 aliphatic carbocycles. The van der Waals surface area contributed by atoms with Gasteiger partial charge in [0.15, 0.2) is 5.78 Å². The molecule has 0 saturated heterocycles. The molecule has 0 N–H and O–H groups in total. The third kappa shape index (κ3) is 2.38. The summed E-state index contributed by atoms with van der Waals surface area (Å²) < 4.78 is 5.92. The maximum absolute atomic E-state index is 12.6. The van der Waals surface area contributed by atoms with Crippen molar-refractivity contribution >= 4 is 21.7 Å². The second-order valence-corrected chi connectivity index (χ2v) is 5.87. The van der Waals surface area contributed by atoms with Crippen LogP contribution in [-0.2, 0) is 12.8 Å². The van der Waals surface area contributed by atoms with Gasteiger partial charge in [0.05, 0.1) is 7.11 Å². The quantitative estimate of drug-likeness (QED) is 0.789. The lowest BCUT2D eigenvalue weighted by molar-refractivity contribution is 0.103. The van der Waals surface area contributed by atoms with Crippen LogP contribution in [0.3, 0.4) is 0 Å². The molecule has 0 saturated carbocycles. The van der Waals surface area contributed by atoms with E-state index in [1.807, 2.05) is 24.3 Å². The number of carbonyl (C=O) groups is 1. The Bertz CT molecular complexity index is 677. The van der Waals surface area contributed by atoms with Crippen LogP contribution in [0.5, 0.6) is 5.75 Å². The molecular formula is C17H15BrO2. The molecule has 0 bridgehead atoms. The van der Waals surface area contributed by atoms with Crippen molar-refractivity contribution in [3.63, 3.8) is 0 Å². The van der Waals surface area contributed by atoms with Crippen LogP contribution in [-0.4, -0.2) is 12.9 Å². The number of halogens is 1. The SMILES string of the molecule is COc1ccc(C(=O)c2ccc3c(c2)CCC3)c(Br)c1. The number of methoxy groups -OCH3 is 1. The predicted octanol–water partition coefficient (Wildman–Crippen LogP) is 4.18. The van der Waals surface area contributed by atoms with Gasteiger partial charge in [-0.3, -0.25) is 4.79 Å². The Labute approximate surface area is 126 Å². The van der Waals surface area contributed by atoms with E-state index in [-0.39, 0.29) is 5.78 Å². The lowest BCUT2D eigenvalue weighted by Gasteiger charge is -2.08. The molecule has 0 heterocycles. The van der Waals surface area contributed by atoms with E-state index >= 15 is 0 Å². The van der Waals surface area contributed by atoms with Crippen molar-refractivity contribution in [1.29, 1.82) is 0 Å². The number of benzene rings is 2. The molecule has 2 nitrogen and oxygen atoms in total. The van der Waals surface area contributed by atoms with Gasteiger partial charge >= 0.3 is 0 Å². The van der Waals surface area contributed by atoms with Crippen LogP contribution in [0.25, 0.3) is 0 Å². The maximum Gasteiger partial charge on any atom is 0.194 e. The highest BCUT2D eigenvalue weighted by Gasteiger charge is 2.17.